The molecule has 1 aliphatic heterocycles. The molecule has 0 radical (unpaired) electrons. The van der Waals surface area contributed by atoms with Gasteiger partial charge in [0.25, 0.3) is 0 Å². The summed E-state index contributed by atoms with van der Waals surface area (Å²) in [5.74, 6) is -0.223. The van der Waals surface area contributed by atoms with E-state index in [0.29, 0.717) is 17.4 Å². The minimum absolute atomic E-state index is 0. The summed E-state index contributed by atoms with van der Waals surface area (Å²) in [7, 11) is 4.13. The highest BCUT2D eigenvalue weighted by Crippen LogP contribution is 2.26. The minimum Gasteiger partial charge on any atom is -0.399 e. The first kappa shape index (κ1) is 14.1. The SMILES string of the molecule is CN(C)[C@H]1CCN(c2ccc(N)cc2F)C1.S. The number of rotatable bonds is 2. The van der Waals surface area contributed by atoms with E-state index in [9.17, 15) is 4.39 Å². The summed E-state index contributed by atoms with van der Waals surface area (Å²) in [6, 6.07) is 5.42. The quantitative estimate of drug-likeness (QED) is 0.818. The molecule has 1 atom stereocenters. The highest BCUT2D eigenvalue weighted by molar-refractivity contribution is 7.59. The van der Waals surface area contributed by atoms with Crippen molar-refractivity contribution in [1.82, 2.24) is 4.90 Å². The summed E-state index contributed by atoms with van der Waals surface area (Å²) in [4.78, 5) is 4.27. The van der Waals surface area contributed by atoms with Crippen molar-refractivity contribution in [3.05, 3.63) is 24.0 Å². The molecule has 1 heterocycles. The van der Waals surface area contributed by atoms with Crippen LogP contribution in [-0.2, 0) is 0 Å². The fourth-order valence-electron chi connectivity index (χ4n) is 2.16. The van der Waals surface area contributed by atoms with Crippen LogP contribution in [0.2, 0.25) is 0 Å². The molecule has 1 fully saturated rings. The van der Waals surface area contributed by atoms with Crippen molar-refractivity contribution in [3.8, 4) is 0 Å². The fraction of sp³-hybridized carbons (Fsp3) is 0.500. The zero-order valence-electron chi connectivity index (χ0n) is 10.3. The third kappa shape index (κ3) is 3.04. The Hall–Kier alpha value is -0.940. The zero-order chi connectivity index (χ0) is 11.7. The molecule has 17 heavy (non-hydrogen) atoms. The first-order valence-electron chi connectivity index (χ1n) is 5.54. The van der Waals surface area contributed by atoms with E-state index >= 15 is 0 Å². The van der Waals surface area contributed by atoms with Gasteiger partial charge in [-0.1, -0.05) is 0 Å². The van der Waals surface area contributed by atoms with Crippen LogP contribution in [0.3, 0.4) is 0 Å². The molecule has 0 unspecified atom stereocenters. The monoisotopic (exact) mass is 257 g/mol. The van der Waals surface area contributed by atoms with Gasteiger partial charge in [-0.05, 0) is 38.7 Å². The van der Waals surface area contributed by atoms with Gasteiger partial charge in [-0.25, -0.2) is 4.39 Å². The molecule has 0 amide bonds. The predicted octanol–water partition coefficient (Wildman–Crippen LogP) is 1.66. The number of halogens is 1. The van der Waals surface area contributed by atoms with Gasteiger partial charge < -0.3 is 15.5 Å². The summed E-state index contributed by atoms with van der Waals surface area (Å²) < 4.78 is 13.7. The molecule has 0 aliphatic carbocycles. The normalized spacial score (nSPS) is 19.5. The van der Waals surface area contributed by atoms with E-state index in [4.69, 9.17) is 5.73 Å². The highest BCUT2D eigenvalue weighted by atomic mass is 32.1. The van der Waals surface area contributed by atoms with Crippen LogP contribution in [0.1, 0.15) is 6.42 Å². The van der Waals surface area contributed by atoms with E-state index in [2.05, 4.69) is 23.9 Å². The number of benzene rings is 1. The zero-order valence-corrected chi connectivity index (χ0v) is 11.3. The van der Waals surface area contributed by atoms with E-state index in [1.807, 2.05) is 0 Å². The van der Waals surface area contributed by atoms with Crippen molar-refractivity contribution < 1.29 is 4.39 Å². The van der Waals surface area contributed by atoms with Gasteiger partial charge in [0, 0.05) is 24.8 Å². The summed E-state index contributed by atoms with van der Waals surface area (Å²) in [6.45, 7) is 1.79. The Bertz CT molecular complexity index is 384. The van der Waals surface area contributed by atoms with Crippen molar-refractivity contribution in [2.75, 3.05) is 37.8 Å². The maximum Gasteiger partial charge on any atom is 0.148 e. The van der Waals surface area contributed by atoms with Gasteiger partial charge in [0.05, 0.1) is 5.69 Å². The van der Waals surface area contributed by atoms with Crippen LogP contribution in [-0.4, -0.2) is 38.1 Å². The van der Waals surface area contributed by atoms with E-state index in [1.165, 1.54) is 6.07 Å². The maximum atomic E-state index is 13.7. The first-order valence-corrected chi connectivity index (χ1v) is 5.54. The number of hydrogen-bond acceptors (Lipinski definition) is 3. The number of likely N-dealkylation sites (N-methyl/N-ethyl adjacent to an activating group) is 1. The molecule has 0 saturated carbocycles. The highest BCUT2D eigenvalue weighted by Gasteiger charge is 2.25. The largest absolute Gasteiger partial charge is 0.399 e. The van der Waals surface area contributed by atoms with Crippen LogP contribution in [0.5, 0.6) is 0 Å². The van der Waals surface area contributed by atoms with E-state index < -0.39 is 0 Å². The molecule has 1 saturated heterocycles. The third-order valence-electron chi connectivity index (χ3n) is 3.21. The number of hydrogen-bond donors (Lipinski definition) is 1. The average molecular weight is 257 g/mol. The maximum absolute atomic E-state index is 13.7. The second-order valence-corrected chi connectivity index (χ2v) is 4.56. The topological polar surface area (TPSA) is 32.5 Å². The molecule has 0 spiro atoms. The molecule has 1 aliphatic rings. The Labute approximate surface area is 109 Å². The van der Waals surface area contributed by atoms with E-state index in [-0.39, 0.29) is 19.3 Å². The molecule has 0 aromatic heterocycles. The van der Waals surface area contributed by atoms with Gasteiger partial charge in [0.15, 0.2) is 0 Å². The summed E-state index contributed by atoms with van der Waals surface area (Å²) in [6.07, 6.45) is 1.08. The van der Waals surface area contributed by atoms with Gasteiger partial charge >= 0.3 is 0 Å². The Morgan fingerprint density at radius 3 is 2.65 bits per heavy atom. The number of anilines is 2. The van der Waals surface area contributed by atoms with Crippen molar-refractivity contribution in [1.29, 1.82) is 0 Å². The predicted molar refractivity (Wildman–Crippen MR) is 75.5 cm³/mol. The van der Waals surface area contributed by atoms with Crippen molar-refractivity contribution >= 4 is 24.9 Å². The average Bonchev–Trinajstić information content (AvgIpc) is 2.66. The number of nitrogens with zero attached hydrogens (tertiary/aromatic N) is 2. The van der Waals surface area contributed by atoms with Gasteiger partial charge in [-0.3, -0.25) is 0 Å². The molecule has 1 aromatic rings. The molecule has 2 N–H and O–H groups in total. The smallest absolute Gasteiger partial charge is 0.148 e. The van der Waals surface area contributed by atoms with Crippen LogP contribution in [0.15, 0.2) is 18.2 Å². The Balaban J connectivity index is 0.00000144. The van der Waals surface area contributed by atoms with Crippen molar-refractivity contribution in [2.24, 2.45) is 0 Å². The van der Waals surface area contributed by atoms with E-state index in [0.717, 1.165) is 19.5 Å². The van der Waals surface area contributed by atoms with Gasteiger partial charge in [0.2, 0.25) is 0 Å². The lowest BCUT2D eigenvalue weighted by atomic mass is 10.2. The van der Waals surface area contributed by atoms with Crippen LogP contribution < -0.4 is 10.6 Å². The molecular weight excluding hydrogens is 237 g/mol. The van der Waals surface area contributed by atoms with Crippen LogP contribution in [0.25, 0.3) is 0 Å². The Kier molecular flexibility index (Phi) is 4.65. The van der Waals surface area contributed by atoms with Gasteiger partial charge in [0.1, 0.15) is 5.82 Å². The first-order chi connectivity index (χ1) is 7.58. The molecule has 3 nitrogen and oxygen atoms in total. The molecule has 0 bridgehead atoms. The fourth-order valence-corrected chi connectivity index (χ4v) is 2.16. The third-order valence-corrected chi connectivity index (χ3v) is 3.21. The van der Waals surface area contributed by atoms with Crippen molar-refractivity contribution in [2.45, 2.75) is 12.5 Å². The van der Waals surface area contributed by atoms with E-state index in [1.54, 1.807) is 12.1 Å². The molecular formula is C12H20FN3S. The van der Waals surface area contributed by atoms with Gasteiger partial charge in [-0.15, -0.1) is 0 Å². The van der Waals surface area contributed by atoms with Crippen LogP contribution in [0, 0.1) is 5.82 Å². The lowest BCUT2D eigenvalue weighted by Gasteiger charge is -2.22. The Morgan fingerprint density at radius 2 is 2.12 bits per heavy atom. The summed E-state index contributed by atoms with van der Waals surface area (Å²) in [5, 5.41) is 0. The number of nitrogen functional groups attached to an aromatic ring is 1. The van der Waals surface area contributed by atoms with Crippen LogP contribution >= 0.6 is 13.5 Å². The lowest BCUT2D eigenvalue weighted by molar-refractivity contribution is 0.315. The van der Waals surface area contributed by atoms with Crippen molar-refractivity contribution in [3.63, 3.8) is 0 Å². The summed E-state index contributed by atoms with van der Waals surface area (Å²) >= 11 is 0. The molecule has 96 valence electrons. The molecule has 2 rings (SSSR count). The second kappa shape index (κ2) is 5.60. The minimum atomic E-state index is -0.223. The summed E-state index contributed by atoms with van der Waals surface area (Å²) in [5.41, 5.74) is 6.68. The molecule has 5 heteroatoms. The van der Waals surface area contributed by atoms with Crippen LogP contribution in [0.4, 0.5) is 15.8 Å². The Morgan fingerprint density at radius 1 is 1.41 bits per heavy atom. The standard InChI is InChI=1S/C12H18FN3.H2S/c1-15(2)10-5-6-16(8-10)12-4-3-9(14)7-11(12)13;/h3-4,7,10H,5-6,8,14H2,1-2H3;1H2/t10-;/m0./s1. The van der Waals surface area contributed by atoms with Gasteiger partial charge in [-0.2, -0.15) is 13.5 Å². The lowest BCUT2D eigenvalue weighted by Crippen LogP contribution is -2.31. The molecule has 1 aromatic carbocycles. The second-order valence-electron chi connectivity index (χ2n) is 4.56. The number of nitrogens with two attached hydrogens (primary N) is 1.